The van der Waals surface area contributed by atoms with Gasteiger partial charge in [-0.05, 0) is 48.9 Å². The summed E-state index contributed by atoms with van der Waals surface area (Å²) in [6.07, 6.45) is 1.22. The molecule has 1 heterocycles. The van der Waals surface area contributed by atoms with Crippen LogP contribution in [0.25, 0.3) is 0 Å². The van der Waals surface area contributed by atoms with Gasteiger partial charge in [-0.2, -0.15) is 0 Å². The molecule has 0 bridgehead atoms. The Morgan fingerprint density at radius 2 is 1.85 bits per heavy atom. The Morgan fingerprint density at radius 1 is 1.25 bits per heavy atom. The summed E-state index contributed by atoms with van der Waals surface area (Å²) in [5, 5.41) is 0. The van der Waals surface area contributed by atoms with Crippen molar-refractivity contribution in [2.75, 3.05) is 13.1 Å². The third-order valence-electron chi connectivity index (χ3n) is 4.55. The number of nitrogens with two attached hydrogens (primary N) is 1. The predicted molar refractivity (Wildman–Crippen MR) is 81.9 cm³/mol. The van der Waals surface area contributed by atoms with Crippen molar-refractivity contribution in [2.45, 2.75) is 46.2 Å². The van der Waals surface area contributed by atoms with Crippen molar-refractivity contribution in [1.29, 1.82) is 0 Å². The number of benzene rings is 1. The van der Waals surface area contributed by atoms with Crippen LogP contribution in [0.5, 0.6) is 0 Å². The van der Waals surface area contributed by atoms with Crippen molar-refractivity contribution in [1.82, 2.24) is 4.90 Å². The van der Waals surface area contributed by atoms with Gasteiger partial charge in [-0.15, -0.1) is 0 Å². The van der Waals surface area contributed by atoms with Crippen LogP contribution in [0.15, 0.2) is 24.3 Å². The highest BCUT2D eigenvalue weighted by Gasteiger charge is 2.36. The molecular formula is C17H27FN2. The topological polar surface area (TPSA) is 29.3 Å². The van der Waals surface area contributed by atoms with Crippen molar-refractivity contribution in [3.05, 3.63) is 35.6 Å². The summed E-state index contributed by atoms with van der Waals surface area (Å²) < 4.78 is 13.1. The Bertz CT molecular complexity index is 433. The number of rotatable bonds is 3. The Kier molecular flexibility index (Phi) is 4.50. The molecule has 0 aromatic heterocycles. The van der Waals surface area contributed by atoms with E-state index < -0.39 is 0 Å². The normalized spacial score (nSPS) is 23.8. The smallest absolute Gasteiger partial charge is 0.123 e. The SMILES string of the molecule is CC(N)C(c1ccc(F)cc1)N1CCC(C(C)(C)C)C1. The zero-order chi connectivity index (χ0) is 14.9. The minimum Gasteiger partial charge on any atom is -0.326 e. The monoisotopic (exact) mass is 278 g/mol. The molecule has 0 saturated carbocycles. The minimum absolute atomic E-state index is 0.0409. The summed E-state index contributed by atoms with van der Waals surface area (Å²) in [7, 11) is 0. The van der Waals surface area contributed by atoms with Gasteiger partial charge in [0.25, 0.3) is 0 Å². The molecule has 2 N–H and O–H groups in total. The number of halogens is 1. The molecule has 0 aliphatic carbocycles. The van der Waals surface area contributed by atoms with Crippen molar-refractivity contribution in [2.24, 2.45) is 17.1 Å². The number of hydrogen-bond donors (Lipinski definition) is 1. The molecule has 112 valence electrons. The molecule has 1 aromatic carbocycles. The summed E-state index contributed by atoms with van der Waals surface area (Å²) >= 11 is 0. The largest absolute Gasteiger partial charge is 0.326 e. The van der Waals surface area contributed by atoms with Gasteiger partial charge < -0.3 is 5.73 Å². The molecule has 0 radical (unpaired) electrons. The standard InChI is InChI=1S/C17H27FN2/c1-12(19)16(13-5-7-15(18)8-6-13)20-10-9-14(11-20)17(2,3)4/h5-8,12,14,16H,9-11,19H2,1-4H3. The van der Waals surface area contributed by atoms with Gasteiger partial charge in [-0.1, -0.05) is 32.9 Å². The second-order valence-corrected chi connectivity index (χ2v) is 7.20. The molecular weight excluding hydrogens is 251 g/mol. The lowest BCUT2D eigenvalue weighted by molar-refractivity contribution is 0.180. The van der Waals surface area contributed by atoms with Gasteiger partial charge >= 0.3 is 0 Å². The van der Waals surface area contributed by atoms with Crippen LogP contribution in [0, 0.1) is 17.2 Å². The molecule has 3 heteroatoms. The Balaban J connectivity index is 2.17. The van der Waals surface area contributed by atoms with E-state index in [9.17, 15) is 4.39 Å². The van der Waals surface area contributed by atoms with Crippen molar-refractivity contribution >= 4 is 0 Å². The van der Waals surface area contributed by atoms with Gasteiger partial charge in [-0.3, -0.25) is 4.90 Å². The maximum atomic E-state index is 13.1. The minimum atomic E-state index is -0.189. The van der Waals surface area contributed by atoms with E-state index in [1.807, 2.05) is 19.1 Å². The molecule has 2 rings (SSSR count). The number of hydrogen-bond acceptors (Lipinski definition) is 2. The highest BCUT2D eigenvalue weighted by molar-refractivity contribution is 5.22. The predicted octanol–water partition coefficient (Wildman–Crippen LogP) is 3.58. The maximum Gasteiger partial charge on any atom is 0.123 e. The Labute approximate surface area is 122 Å². The van der Waals surface area contributed by atoms with E-state index in [1.165, 1.54) is 18.6 Å². The van der Waals surface area contributed by atoms with E-state index in [4.69, 9.17) is 5.73 Å². The van der Waals surface area contributed by atoms with Crippen molar-refractivity contribution < 1.29 is 4.39 Å². The maximum absolute atomic E-state index is 13.1. The van der Waals surface area contributed by atoms with Gasteiger partial charge in [0.05, 0.1) is 0 Å². The quantitative estimate of drug-likeness (QED) is 0.915. The molecule has 1 fully saturated rings. The van der Waals surface area contributed by atoms with E-state index in [2.05, 4.69) is 25.7 Å². The van der Waals surface area contributed by atoms with Gasteiger partial charge in [-0.25, -0.2) is 4.39 Å². The lowest BCUT2D eigenvalue weighted by Crippen LogP contribution is -2.39. The third kappa shape index (κ3) is 3.39. The van der Waals surface area contributed by atoms with Crippen LogP contribution >= 0.6 is 0 Å². The van der Waals surface area contributed by atoms with Crippen LogP contribution in [-0.2, 0) is 0 Å². The van der Waals surface area contributed by atoms with E-state index in [1.54, 1.807) is 0 Å². The first-order valence-electron chi connectivity index (χ1n) is 7.54. The fourth-order valence-corrected chi connectivity index (χ4v) is 3.25. The van der Waals surface area contributed by atoms with Crippen molar-refractivity contribution in [3.8, 4) is 0 Å². The van der Waals surface area contributed by atoms with Crippen LogP contribution in [0.3, 0.4) is 0 Å². The molecule has 0 amide bonds. The molecule has 3 atom stereocenters. The van der Waals surface area contributed by atoms with E-state index >= 15 is 0 Å². The first-order chi connectivity index (χ1) is 9.29. The molecule has 2 nitrogen and oxygen atoms in total. The Morgan fingerprint density at radius 3 is 2.30 bits per heavy atom. The second kappa shape index (κ2) is 5.82. The zero-order valence-corrected chi connectivity index (χ0v) is 13.1. The summed E-state index contributed by atoms with van der Waals surface area (Å²) in [4.78, 5) is 2.47. The second-order valence-electron chi connectivity index (χ2n) is 7.20. The van der Waals surface area contributed by atoms with Gasteiger partial charge in [0, 0.05) is 18.6 Å². The number of nitrogens with zero attached hydrogens (tertiary/aromatic N) is 1. The molecule has 1 aliphatic heterocycles. The summed E-state index contributed by atoms with van der Waals surface area (Å²) in [5.41, 5.74) is 7.66. The van der Waals surface area contributed by atoms with E-state index in [-0.39, 0.29) is 17.9 Å². The Hall–Kier alpha value is -0.930. The van der Waals surface area contributed by atoms with Crippen LogP contribution in [0.4, 0.5) is 4.39 Å². The van der Waals surface area contributed by atoms with Crippen LogP contribution in [0.2, 0.25) is 0 Å². The molecule has 1 saturated heterocycles. The van der Waals surface area contributed by atoms with E-state index in [0.717, 1.165) is 18.7 Å². The lowest BCUT2D eigenvalue weighted by atomic mass is 9.80. The van der Waals surface area contributed by atoms with Gasteiger partial charge in [0.1, 0.15) is 5.82 Å². The lowest BCUT2D eigenvalue weighted by Gasteiger charge is -2.33. The molecule has 1 aliphatic rings. The molecule has 0 spiro atoms. The molecule has 20 heavy (non-hydrogen) atoms. The average molecular weight is 278 g/mol. The number of likely N-dealkylation sites (tertiary alicyclic amines) is 1. The highest BCUT2D eigenvalue weighted by atomic mass is 19.1. The fraction of sp³-hybridized carbons (Fsp3) is 0.647. The van der Waals surface area contributed by atoms with Crippen molar-refractivity contribution in [3.63, 3.8) is 0 Å². The first-order valence-corrected chi connectivity index (χ1v) is 7.54. The molecule has 3 unspecified atom stereocenters. The van der Waals surface area contributed by atoms with Crippen LogP contribution in [-0.4, -0.2) is 24.0 Å². The van der Waals surface area contributed by atoms with Crippen LogP contribution in [0.1, 0.15) is 45.7 Å². The summed E-state index contributed by atoms with van der Waals surface area (Å²) in [6.45, 7) is 11.1. The summed E-state index contributed by atoms with van der Waals surface area (Å²) in [6, 6.07) is 7.02. The highest BCUT2D eigenvalue weighted by Crippen LogP contribution is 2.37. The summed E-state index contributed by atoms with van der Waals surface area (Å²) in [5.74, 6) is 0.510. The zero-order valence-electron chi connectivity index (χ0n) is 13.1. The molecule has 1 aromatic rings. The average Bonchev–Trinajstić information content (AvgIpc) is 2.80. The first kappa shape index (κ1) is 15.5. The van der Waals surface area contributed by atoms with Crippen LogP contribution < -0.4 is 5.73 Å². The van der Waals surface area contributed by atoms with Gasteiger partial charge in [0.2, 0.25) is 0 Å². The fourth-order valence-electron chi connectivity index (χ4n) is 3.25. The van der Waals surface area contributed by atoms with Gasteiger partial charge in [0.15, 0.2) is 0 Å². The van der Waals surface area contributed by atoms with E-state index in [0.29, 0.717) is 11.3 Å². The third-order valence-corrected chi connectivity index (χ3v) is 4.55.